The van der Waals surface area contributed by atoms with Gasteiger partial charge in [0.15, 0.2) is 0 Å². The van der Waals surface area contributed by atoms with E-state index in [0.717, 1.165) is 12.8 Å². The van der Waals surface area contributed by atoms with Gasteiger partial charge in [-0.3, -0.25) is 9.69 Å². The fraction of sp³-hybridized carbons (Fsp3) is 0.526. The molecule has 0 saturated carbocycles. The summed E-state index contributed by atoms with van der Waals surface area (Å²) in [5, 5.41) is 2.91. The van der Waals surface area contributed by atoms with Gasteiger partial charge in [-0.05, 0) is 44.7 Å². The first-order chi connectivity index (χ1) is 10.6. The van der Waals surface area contributed by atoms with Crippen LogP contribution in [0.5, 0.6) is 0 Å². The molecule has 1 amide bonds. The number of nitrogens with one attached hydrogen (secondary N) is 1. The first-order valence-electron chi connectivity index (χ1n) is 8.11. The normalized spacial score (nSPS) is 30.8. The molecule has 2 aliphatic rings. The third kappa shape index (κ3) is 2.64. The summed E-state index contributed by atoms with van der Waals surface area (Å²) in [5.74, 6) is 2.92. The van der Waals surface area contributed by atoms with E-state index in [1.165, 1.54) is 17.5 Å². The lowest BCUT2D eigenvalue weighted by atomic mass is 9.75. The van der Waals surface area contributed by atoms with Crippen molar-refractivity contribution in [3.63, 3.8) is 0 Å². The number of benzene rings is 1. The van der Waals surface area contributed by atoms with Crippen LogP contribution in [0.1, 0.15) is 36.3 Å². The van der Waals surface area contributed by atoms with Crippen LogP contribution in [0.2, 0.25) is 0 Å². The molecule has 0 spiro atoms. The summed E-state index contributed by atoms with van der Waals surface area (Å²) in [6, 6.07) is 9.60. The predicted octanol–water partition coefficient (Wildman–Crippen LogP) is 2.31. The van der Waals surface area contributed by atoms with E-state index < -0.39 is 0 Å². The minimum Gasteiger partial charge on any atom is -0.345 e. The first kappa shape index (κ1) is 15.1. The van der Waals surface area contributed by atoms with Crippen molar-refractivity contribution in [3.05, 3.63) is 35.4 Å². The molecule has 4 unspecified atom stereocenters. The summed E-state index contributed by atoms with van der Waals surface area (Å²) in [7, 11) is 2.16. The largest absolute Gasteiger partial charge is 0.345 e. The van der Waals surface area contributed by atoms with Crippen LogP contribution in [0.3, 0.4) is 0 Å². The molecule has 0 radical (unpaired) electrons. The number of aryl methyl sites for hydroxylation is 1. The Morgan fingerprint density at radius 2 is 2.09 bits per heavy atom. The van der Waals surface area contributed by atoms with Crippen molar-refractivity contribution in [2.45, 2.75) is 44.2 Å². The van der Waals surface area contributed by atoms with E-state index in [-0.39, 0.29) is 11.8 Å². The Kier molecular flexibility index (Phi) is 4.22. The Hall–Kier alpha value is -1.79. The molecule has 3 heteroatoms. The number of hydrogen-bond donors (Lipinski definition) is 1. The summed E-state index contributed by atoms with van der Waals surface area (Å²) in [5.41, 5.74) is 2.55. The maximum atomic E-state index is 12.7. The SMILES string of the molecule is C#CCNC(=O)C1C(c2ccc(C)cc2)CC2CCC1N2C. The predicted molar refractivity (Wildman–Crippen MR) is 88.4 cm³/mol. The Bertz CT molecular complexity index is 586. The summed E-state index contributed by atoms with van der Waals surface area (Å²) in [6.07, 6.45) is 8.66. The third-order valence-electron chi connectivity index (χ3n) is 5.44. The van der Waals surface area contributed by atoms with Crippen LogP contribution in [-0.4, -0.2) is 36.5 Å². The number of fused-ring (bicyclic) bond motifs is 2. The van der Waals surface area contributed by atoms with Crippen molar-refractivity contribution in [3.8, 4) is 12.3 Å². The fourth-order valence-corrected chi connectivity index (χ4v) is 4.24. The Labute approximate surface area is 133 Å². The Balaban J connectivity index is 1.90. The highest BCUT2D eigenvalue weighted by atomic mass is 16.1. The summed E-state index contributed by atoms with van der Waals surface area (Å²) in [4.78, 5) is 15.1. The zero-order chi connectivity index (χ0) is 15.7. The molecule has 22 heavy (non-hydrogen) atoms. The van der Waals surface area contributed by atoms with Gasteiger partial charge in [-0.15, -0.1) is 6.42 Å². The quantitative estimate of drug-likeness (QED) is 0.868. The molecule has 0 aliphatic carbocycles. The van der Waals surface area contributed by atoms with E-state index in [1.807, 2.05) is 0 Å². The topological polar surface area (TPSA) is 32.3 Å². The number of carbonyl (C=O) groups excluding carboxylic acids is 1. The molecular weight excluding hydrogens is 272 g/mol. The lowest BCUT2D eigenvalue weighted by Crippen LogP contribution is -2.51. The van der Waals surface area contributed by atoms with Crippen LogP contribution in [0.15, 0.2) is 24.3 Å². The number of rotatable bonds is 3. The van der Waals surface area contributed by atoms with Crippen molar-refractivity contribution < 1.29 is 4.79 Å². The van der Waals surface area contributed by atoms with Gasteiger partial charge in [0.1, 0.15) is 0 Å². The average molecular weight is 296 g/mol. The zero-order valence-electron chi connectivity index (χ0n) is 13.4. The van der Waals surface area contributed by atoms with Gasteiger partial charge in [-0.25, -0.2) is 0 Å². The molecule has 1 aromatic rings. The highest BCUT2D eigenvalue weighted by molar-refractivity contribution is 5.81. The lowest BCUT2D eigenvalue weighted by Gasteiger charge is -2.42. The molecule has 2 saturated heterocycles. The molecule has 2 fully saturated rings. The number of hydrogen-bond acceptors (Lipinski definition) is 2. The van der Waals surface area contributed by atoms with Gasteiger partial charge in [0.05, 0.1) is 12.5 Å². The molecule has 116 valence electrons. The second-order valence-electron chi connectivity index (χ2n) is 6.66. The van der Waals surface area contributed by atoms with Gasteiger partial charge >= 0.3 is 0 Å². The van der Waals surface area contributed by atoms with Crippen LogP contribution in [0.25, 0.3) is 0 Å². The Morgan fingerprint density at radius 1 is 1.36 bits per heavy atom. The molecular formula is C19H24N2O. The van der Waals surface area contributed by atoms with Gasteiger partial charge in [0, 0.05) is 12.1 Å². The second kappa shape index (κ2) is 6.14. The highest BCUT2D eigenvalue weighted by Gasteiger charge is 2.48. The van der Waals surface area contributed by atoms with E-state index in [2.05, 4.69) is 54.4 Å². The molecule has 0 aromatic heterocycles. The summed E-state index contributed by atoms with van der Waals surface area (Å²) < 4.78 is 0. The van der Waals surface area contributed by atoms with Crippen LogP contribution in [0, 0.1) is 25.2 Å². The number of amides is 1. The van der Waals surface area contributed by atoms with Gasteiger partial charge in [0.2, 0.25) is 5.91 Å². The van der Waals surface area contributed by atoms with E-state index in [1.54, 1.807) is 0 Å². The molecule has 3 nitrogen and oxygen atoms in total. The lowest BCUT2D eigenvalue weighted by molar-refractivity contribution is -0.129. The first-order valence-corrected chi connectivity index (χ1v) is 8.11. The zero-order valence-corrected chi connectivity index (χ0v) is 13.4. The number of terminal acetylenes is 1. The second-order valence-corrected chi connectivity index (χ2v) is 6.66. The van der Waals surface area contributed by atoms with Crippen LogP contribution >= 0.6 is 0 Å². The molecule has 2 bridgehead atoms. The minimum atomic E-state index is -0.000180. The van der Waals surface area contributed by atoms with Crippen molar-refractivity contribution >= 4 is 5.91 Å². The molecule has 1 N–H and O–H groups in total. The van der Waals surface area contributed by atoms with Gasteiger partial charge in [-0.1, -0.05) is 35.7 Å². The van der Waals surface area contributed by atoms with E-state index in [9.17, 15) is 4.79 Å². The van der Waals surface area contributed by atoms with Crippen LogP contribution in [-0.2, 0) is 4.79 Å². The minimum absolute atomic E-state index is 0.000180. The maximum Gasteiger partial charge on any atom is 0.226 e. The summed E-state index contributed by atoms with van der Waals surface area (Å²) >= 11 is 0. The van der Waals surface area contributed by atoms with Crippen molar-refractivity contribution in [1.82, 2.24) is 10.2 Å². The summed E-state index contributed by atoms with van der Waals surface area (Å²) in [6.45, 7) is 2.41. The van der Waals surface area contributed by atoms with Gasteiger partial charge in [0.25, 0.3) is 0 Å². The smallest absolute Gasteiger partial charge is 0.226 e. The molecule has 4 atom stereocenters. The van der Waals surface area contributed by atoms with Gasteiger partial charge in [-0.2, -0.15) is 0 Å². The van der Waals surface area contributed by atoms with E-state index in [0.29, 0.717) is 24.5 Å². The van der Waals surface area contributed by atoms with Crippen molar-refractivity contribution in [1.29, 1.82) is 0 Å². The third-order valence-corrected chi connectivity index (χ3v) is 5.44. The van der Waals surface area contributed by atoms with E-state index in [4.69, 9.17) is 6.42 Å². The molecule has 2 aliphatic heterocycles. The van der Waals surface area contributed by atoms with Crippen molar-refractivity contribution in [2.24, 2.45) is 5.92 Å². The maximum absolute atomic E-state index is 12.7. The number of carbonyl (C=O) groups is 1. The average Bonchev–Trinajstić information content (AvgIpc) is 2.75. The van der Waals surface area contributed by atoms with Crippen molar-refractivity contribution in [2.75, 3.05) is 13.6 Å². The standard InChI is InChI=1S/C19H24N2O/c1-4-11-20-19(22)18-16(14-7-5-13(2)6-8-14)12-15-9-10-17(18)21(15)3/h1,5-8,15-18H,9-12H2,2-3H3,(H,20,22). The molecule has 3 rings (SSSR count). The van der Waals surface area contributed by atoms with Gasteiger partial charge < -0.3 is 5.32 Å². The molecule has 2 heterocycles. The van der Waals surface area contributed by atoms with E-state index >= 15 is 0 Å². The monoisotopic (exact) mass is 296 g/mol. The van der Waals surface area contributed by atoms with Crippen LogP contribution in [0.4, 0.5) is 0 Å². The number of piperidine rings is 1. The molecule has 1 aromatic carbocycles. The number of nitrogens with zero attached hydrogens (tertiary/aromatic N) is 1. The van der Waals surface area contributed by atoms with Crippen LogP contribution < -0.4 is 5.32 Å². The Morgan fingerprint density at radius 3 is 2.77 bits per heavy atom. The highest BCUT2D eigenvalue weighted by Crippen LogP contribution is 2.46. The fourth-order valence-electron chi connectivity index (χ4n) is 4.24.